The predicted octanol–water partition coefficient (Wildman–Crippen LogP) is 3.62. The van der Waals surface area contributed by atoms with Crippen molar-refractivity contribution in [2.45, 2.75) is 66.0 Å². The van der Waals surface area contributed by atoms with Crippen molar-refractivity contribution in [1.82, 2.24) is 4.90 Å². The first kappa shape index (κ1) is 14.3. The van der Waals surface area contributed by atoms with Crippen LogP contribution < -0.4 is 0 Å². The number of amides is 1. The van der Waals surface area contributed by atoms with Gasteiger partial charge in [0.05, 0.1) is 0 Å². The van der Waals surface area contributed by atoms with Crippen molar-refractivity contribution in [1.29, 1.82) is 0 Å². The zero-order chi connectivity index (χ0) is 13.2. The normalized spacial score (nSPS) is 29.2. The molecule has 1 aliphatic rings. The quantitative estimate of drug-likeness (QED) is 0.686. The number of hydrogen-bond donors (Lipinski definition) is 0. The molecule has 0 N–H and O–H groups in total. The van der Waals surface area contributed by atoms with E-state index in [0.717, 1.165) is 12.3 Å². The molecular formula is C15H27NO. The van der Waals surface area contributed by atoms with Crippen LogP contribution in [0.1, 0.15) is 53.9 Å². The fraction of sp³-hybridized carbons (Fsp3) is 0.800. The molecule has 2 nitrogen and oxygen atoms in total. The lowest BCUT2D eigenvalue weighted by Crippen LogP contribution is -2.50. The van der Waals surface area contributed by atoms with Crippen LogP contribution in [0.5, 0.6) is 0 Å². The minimum atomic E-state index is 0.131. The van der Waals surface area contributed by atoms with Gasteiger partial charge in [-0.05, 0) is 45.4 Å². The van der Waals surface area contributed by atoms with Crippen LogP contribution >= 0.6 is 0 Å². The van der Waals surface area contributed by atoms with Gasteiger partial charge >= 0.3 is 0 Å². The monoisotopic (exact) mass is 237 g/mol. The molecule has 3 atom stereocenters. The van der Waals surface area contributed by atoms with Gasteiger partial charge in [0, 0.05) is 17.7 Å². The van der Waals surface area contributed by atoms with Gasteiger partial charge in [0.25, 0.3) is 0 Å². The van der Waals surface area contributed by atoms with Crippen LogP contribution in [0, 0.1) is 11.8 Å². The molecule has 2 heteroatoms. The van der Waals surface area contributed by atoms with Crippen molar-refractivity contribution in [3.8, 4) is 0 Å². The van der Waals surface area contributed by atoms with E-state index < -0.39 is 0 Å². The predicted molar refractivity (Wildman–Crippen MR) is 72.8 cm³/mol. The molecule has 1 amide bonds. The van der Waals surface area contributed by atoms with Crippen molar-refractivity contribution in [2.24, 2.45) is 11.8 Å². The summed E-state index contributed by atoms with van der Waals surface area (Å²) in [6.07, 6.45) is 3.67. The van der Waals surface area contributed by atoms with Gasteiger partial charge in [-0.3, -0.25) is 4.79 Å². The molecule has 0 aromatic rings. The molecule has 3 unspecified atom stereocenters. The van der Waals surface area contributed by atoms with Gasteiger partial charge in [0.2, 0.25) is 5.91 Å². The average Bonchev–Trinajstić information content (AvgIpc) is 2.22. The molecule has 1 rings (SSSR count). The van der Waals surface area contributed by atoms with Crippen LogP contribution in [0.15, 0.2) is 12.2 Å². The summed E-state index contributed by atoms with van der Waals surface area (Å²) in [6, 6.07) is 0.653. The first-order valence-corrected chi connectivity index (χ1v) is 6.82. The van der Waals surface area contributed by atoms with Gasteiger partial charge < -0.3 is 4.90 Å². The van der Waals surface area contributed by atoms with E-state index in [0.29, 0.717) is 17.5 Å². The summed E-state index contributed by atoms with van der Waals surface area (Å²) >= 11 is 0. The Bertz CT molecular complexity index is 295. The summed E-state index contributed by atoms with van der Waals surface area (Å²) in [7, 11) is 0. The number of rotatable bonds is 3. The Morgan fingerprint density at radius 2 is 1.88 bits per heavy atom. The molecule has 0 aliphatic heterocycles. The van der Waals surface area contributed by atoms with Crippen molar-refractivity contribution in [3.63, 3.8) is 0 Å². The molecule has 17 heavy (non-hydrogen) atoms. The van der Waals surface area contributed by atoms with E-state index >= 15 is 0 Å². The highest BCUT2D eigenvalue weighted by molar-refractivity contribution is 5.92. The summed E-state index contributed by atoms with van der Waals surface area (Å²) < 4.78 is 0. The van der Waals surface area contributed by atoms with E-state index in [1.165, 1.54) is 12.8 Å². The van der Waals surface area contributed by atoms with E-state index in [1.54, 1.807) is 0 Å². The Labute approximate surface area is 106 Å². The van der Waals surface area contributed by atoms with Crippen LogP contribution in [0.3, 0.4) is 0 Å². The topological polar surface area (TPSA) is 20.3 Å². The lowest BCUT2D eigenvalue weighted by Gasteiger charge is -2.43. The van der Waals surface area contributed by atoms with Gasteiger partial charge in [-0.1, -0.05) is 26.8 Å². The zero-order valence-electron chi connectivity index (χ0n) is 12.0. The first-order chi connectivity index (χ1) is 7.84. The summed E-state index contributed by atoms with van der Waals surface area (Å²) in [5, 5.41) is 0. The second-order valence-corrected chi connectivity index (χ2v) is 6.05. The van der Waals surface area contributed by atoms with Crippen LogP contribution in [0.4, 0.5) is 0 Å². The average molecular weight is 237 g/mol. The highest BCUT2D eigenvalue weighted by Crippen LogP contribution is 2.33. The Morgan fingerprint density at radius 3 is 2.35 bits per heavy atom. The smallest absolute Gasteiger partial charge is 0.249 e. The van der Waals surface area contributed by atoms with Crippen LogP contribution in [0.2, 0.25) is 0 Å². The summed E-state index contributed by atoms with van der Waals surface area (Å²) in [4.78, 5) is 14.3. The number of hydrogen-bond acceptors (Lipinski definition) is 1. The molecule has 0 spiro atoms. The molecule has 0 radical (unpaired) electrons. The third-order valence-corrected chi connectivity index (χ3v) is 3.93. The highest BCUT2D eigenvalue weighted by Gasteiger charge is 2.34. The van der Waals surface area contributed by atoms with Crippen molar-refractivity contribution in [3.05, 3.63) is 12.2 Å². The van der Waals surface area contributed by atoms with Crippen LogP contribution in [0.25, 0.3) is 0 Å². The fourth-order valence-electron chi connectivity index (χ4n) is 2.88. The molecule has 98 valence electrons. The second kappa shape index (κ2) is 5.70. The SMILES string of the molecule is C=C(C)C(=O)N(C(C)C)C1CC(C)CCC1C. The lowest BCUT2D eigenvalue weighted by molar-refractivity contribution is -0.133. The van der Waals surface area contributed by atoms with Crippen molar-refractivity contribution in [2.75, 3.05) is 0 Å². The van der Waals surface area contributed by atoms with Crippen LogP contribution in [-0.2, 0) is 4.79 Å². The standard InChI is InChI=1S/C15H27NO/c1-10(2)15(17)16(11(3)4)14-9-12(5)7-8-13(14)6/h11-14H,1,7-9H2,2-6H3. The molecule has 1 saturated carbocycles. The first-order valence-electron chi connectivity index (χ1n) is 6.82. The minimum Gasteiger partial charge on any atom is -0.333 e. The fourth-order valence-corrected chi connectivity index (χ4v) is 2.88. The van der Waals surface area contributed by atoms with E-state index in [-0.39, 0.29) is 11.9 Å². The maximum atomic E-state index is 12.3. The maximum Gasteiger partial charge on any atom is 0.249 e. The van der Waals surface area contributed by atoms with E-state index in [1.807, 2.05) is 6.92 Å². The van der Waals surface area contributed by atoms with Crippen molar-refractivity contribution >= 4 is 5.91 Å². The van der Waals surface area contributed by atoms with Gasteiger partial charge in [0.1, 0.15) is 0 Å². The van der Waals surface area contributed by atoms with E-state index in [4.69, 9.17) is 0 Å². The Hall–Kier alpha value is -0.790. The van der Waals surface area contributed by atoms with Gasteiger partial charge in [-0.25, -0.2) is 0 Å². The van der Waals surface area contributed by atoms with Crippen LogP contribution in [-0.4, -0.2) is 22.9 Å². The molecule has 0 bridgehead atoms. The molecule has 0 saturated heterocycles. The van der Waals surface area contributed by atoms with Gasteiger partial charge in [-0.2, -0.15) is 0 Å². The molecule has 0 aromatic heterocycles. The lowest BCUT2D eigenvalue weighted by atomic mass is 9.78. The van der Waals surface area contributed by atoms with Crippen molar-refractivity contribution < 1.29 is 4.79 Å². The molecule has 0 aromatic carbocycles. The zero-order valence-corrected chi connectivity index (χ0v) is 12.0. The van der Waals surface area contributed by atoms with Gasteiger partial charge in [-0.15, -0.1) is 0 Å². The van der Waals surface area contributed by atoms with E-state index in [9.17, 15) is 4.79 Å². The number of carbonyl (C=O) groups excluding carboxylic acids is 1. The van der Waals surface area contributed by atoms with Gasteiger partial charge in [0.15, 0.2) is 0 Å². The largest absolute Gasteiger partial charge is 0.333 e. The summed E-state index contributed by atoms with van der Waals surface area (Å²) in [6.45, 7) is 14.4. The number of carbonyl (C=O) groups is 1. The Kier molecular flexibility index (Phi) is 4.79. The number of nitrogens with zero attached hydrogens (tertiary/aromatic N) is 1. The highest BCUT2D eigenvalue weighted by atomic mass is 16.2. The summed E-state index contributed by atoms with van der Waals surface area (Å²) in [5.41, 5.74) is 0.657. The third-order valence-electron chi connectivity index (χ3n) is 3.93. The Balaban J connectivity index is 2.89. The molecular weight excluding hydrogens is 210 g/mol. The third kappa shape index (κ3) is 3.34. The minimum absolute atomic E-state index is 0.131. The Morgan fingerprint density at radius 1 is 1.29 bits per heavy atom. The molecule has 1 aliphatic carbocycles. The molecule has 0 heterocycles. The summed E-state index contributed by atoms with van der Waals surface area (Å²) in [5.74, 6) is 1.47. The molecule has 1 fully saturated rings. The maximum absolute atomic E-state index is 12.3. The second-order valence-electron chi connectivity index (χ2n) is 6.05. The van der Waals surface area contributed by atoms with E-state index in [2.05, 4.69) is 39.2 Å².